The van der Waals surface area contributed by atoms with Crippen LogP contribution >= 0.6 is 43.5 Å². The zero-order valence-electron chi connectivity index (χ0n) is 12.1. The molecule has 23 heavy (non-hydrogen) atoms. The molecule has 1 fully saturated rings. The number of nitrogens with two attached hydrogens (primary N) is 2. The smallest absolute Gasteiger partial charge is 0.220 e. The summed E-state index contributed by atoms with van der Waals surface area (Å²) < 4.78 is 14.9. The normalized spacial score (nSPS) is 20.4. The van der Waals surface area contributed by atoms with Crippen LogP contribution in [0, 0.1) is 5.82 Å². The van der Waals surface area contributed by atoms with Crippen LogP contribution in [0.4, 0.5) is 10.1 Å². The van der Waals surface area contributed by atoms with Crippen molar-refractivity contribution in [2.75, 3.05) is 4.90 Å². The fourth-order valence-electron chi connectivity index (χ4n) is 3.21. The van der Waals surface area contributed by atoms with E-state index in [9.17, 15) is 4.39 Å². The van der Waals surface area contributed by atoms with Crippen LogP contribution in [0.1, 0.15) is 32.1 Å². The molecule has 0 saturated heterocycles. The summed E-state index contributed by atoms with van der Waals surface area (Å²) in [7, 11) is 0. The van der Waals surface area contributed by atoms with E-state index in [0.717, 1.165) is 32.1 Å². The Kier molecular flexibility index (Phi) is 4.59. The Morgan fingerprint density at radius 2 is 1.87 bits per heavy atom. The molecule has 1 aliphatic carbocycles. The Hall–Kier alpha value is -0.860. The summed E-state index contributed by atoms with van der Waals surface area (Å²) in [4.78, 5) is 10.3. The standard InChI is InChI=1S/C14H15Br2ClFN5/c15-7-6-8(17)11(9(16)10(7)18)23-13(20)21-12(19)22-14(23)4-2-1-3-5-14/h6H,1-5H2,(H4,19,20,21,22). The zero-order valence-corrected chi connectivity index (χ0v) is 16.0. The second-order valence-electron chi connectivity index (χ2n) is 5.64. The molecule has 3 rings (SSSR count). The van der Waals surface area contributed by atoms with Crippen LogP contribution in [0.25, 0.3) is 0 Å². The van der Waals surface area contributed by atoms with Gasteiger partial charge in [0.15, 0.2) is 5.82 Å². The van der Waals surface area contributed by atoms with Crippen molar-refractivity contribution in [3.63, 3.8) is 0 Å². The summed E-state index contributed by atoms with van der Waals surface area (Å²) in [5, 5.41) is 0.351. The van der Waals surface area contributed by atoms with Crippen molar-refractivity contribution in [1.82, 2.24) is 0 Å². The van der Waals surface area contributed by atoms with Gasteiger partial charge in [0.25, 0.3) is 0 Å². The van der Waals surface area contributed by atoms with Crippen molar-refractivity contribution in [3.05, 3.63) is 25.9 Å². The quantitative estimate of drug-likeness (QED) is 0.482. The summed E-state index contributed by atoms with van der Waals surface area (Å²) in [6.07, 6.45) is 4.59. The number of hydrogen-bond acceptors (Lipinski definition) is 5. The number of anilines is 1. The Morgan fingerprint density at radius 1 is 1.22 bits per heavy atom. The van der Waals surface area contributed by atoms with Gasteiger partial charge in [-0.25, -0.2) is 9.38 Å². The van der Waals surface area contributed by atoms with E-state index < -0.39 is 11.5 Å². The highest BCUT2D eigenvalue weighted by Gasteiger charge is 2.44. The van der Waals surface area contributed by atoms with E-state index in [2.05, 4.69) is 41.8 Å². The summed E-state index contributed by atoms with van der Waals surface area (Å²) in [5.41, 5.74) is 11.7. The molecule has 1 saturated carbocycles. The molecular formula is C14H15Br2ClFN5. The number of halogens is 4. The van der Waals surface area contributed by atoms with Gasteiger partial charge >= 0.3 is 0 Å². The molecule has 0 bridgehead atoms. The number of hydrogen-bond donors (Lipinski definition) is 2. The molecule has 1 heterocycles. The molecule has 124 valence electrons. The molecule has 0 aromatic heterocycles. The van der Waals surface area contributed by atoms with E-state index in [4.69, 9.17) is 23.1 Å². The molecule has 0 atom stereocenters. The number of nitrogens with zero attached hydrogens (tertiary/aromatic N) is 3. The van der Waals surface area contributed by atoms with Gasteiger partial charge in [-0.2, -0.15) is 4.99 Å². The minimum atomic E-state index is -0.666. The van der Waals surface area contributed by atoms with E-state index in [-0.39, 0.29) is 20.9 Å². The van der Waals surface area contributed by atoms with Crippen molar-refractivity contribution >= 4 is 61.1 Å². The Morgan fingerprint density at radius 3 is 2.52 bits per heavy atom. The topological polar surface area (TPSA) is 80.0 Å². The van der Waals surface area contributed by atoms with Gasteiger partial charge in [0, 0.05) is 0 Å². The van der Waals surface area contributed by atoms with Gasteiger partial charge in [0.05, 0.1) is 19.7 Å². The van der Waals surface area contributed by atoms with Crippen LogP contribution in [0.3, 0.4) is 0 Å². The minimum absolute atomic E-state index is 0.144. The highest BCUT2D eigenvalue weighted by atomic mass is 79.9. The van der Waals surface area contributed by atoms with E-state index in [1.807, 2.05) is 0 Å². The van der Waals surface area contributed by atoms with Crippen molar-refractivity contribution in [1.29, 1.82) is 0 Å². The van der Waals surface area contributed by atoms with Gasteiger partial charge < -0.3 is 11.5 Å². The van der Waals surface area contributed by atoms with Crippen molar-refractivity contribution < 1.29 is 4.39 Å². The van der Waals surface area contributed by atoms with Crippen molar-refractivity contribution in [2.45, 2.75) is 37.8 Å². The summed E-state index contributed by atoms with van der Waals surface area (Å²) >= 11 is 12.8. The van der Waals surface area contributed by atoms with Crippen LogP contribution < -0.4 is 16.4 Å². The highest BCUT2D eigenvalue weighted by molar-refractivity contribution is 9.11. The first-order chi connectivity index (χ1) is 10.9. The van der Waals surface area contributed by atoms with Gasteiger partial charge in [-0.3, -0.25) is 4.90 Å². The third kappa shape index (κ3) is 2.85. The Labute approximate surface area is 155 Å². The second kappa shape index (κ2) is 6.22. The molecule has 1 aliphatic heterocycles. The number of guanidine groups is 2. The summed E-state index contributed by atoms with van der Waals surface area (Å²) in [6.45, 7) is 0. The van der Waals surface area contributed by atoms with Gasteiger partial charge in [0.1, 0.15) is 5.66 Å². The average Bonchev–Trinajstić information content (AvgIpc) is 2.48. The maximum absolute atomic E-state index is 14.4. The monoisotopic (exact) mass is 465 g/mol. The molecule has 0 radical (unpaired) electrons. The molecule has 0 amide bonds. The second-order valence-corrected chi connectivity index (χ2v) is 7.69. The Bertz CT molecular complexity index is 716. The van der Waals surface area contributed by atoms with Gasteiger partial charge in [-0.1, -0.05) is 18.0 Å². The van der Waals surface area contributed by atoms with Crippen LogP contribution in [-0.2, 0) is 0 Å². The fourth-order valence-corrected chi connectivity index (χ4v) is 5.04. The molecule has 5 nitrogen and oxygen atoms in total. The van der Waals surface area contributed by atoms with Gasteiger partial charge in [0.2, 0.25) is 11.9 Å². The van der Waals surface area contributed by atoms with E-state index in [1.165, 1.54) is 6.07 Å². The van der Waals surface area contributed by atoms with Crippen molar-refractivity contribution in [3.8, 4) is 0 Å². The maximum Gasteiger partial charge on any atom is 0.220 e. The molecule has 9 heteroatoms. The fraction of sp³-hybridized carbons (Fsp3) is 0.429. The molecular weight excluding hydrogens is 452 g/mol. The lowest BCUT2D eigenvalue weighted by atomic mass is 9.87. The van der Waals surface area contributed by atoms with Crippen LogP contribution in [0.5, 0.6) is 0 Å². The van der Waals surface area contributed by atoms with E-state index >= 15 is 0 Å². The van der Waals surface area contributed by atoms with E-state index in [0.29, 0.717) is 10.7 Å². The number of benzene rings is 1. The zero-order chi connectivity index (χ0) is 16.8. The summed E-state index contributed by atoms with van der Waals surface area (Å²) in [6, 6.07) is 1.50. The summed E-state index contributed by atoms with van der Waals surface area (Å²) in [5.74, 6) is -0.139. The first-order valence-corrected chi connectivity index (χ1v) is 9.15. The lowest BCUT2D eigenvalue weighted by molar-refractivity contribution is 0.305. The predicted molar refractivity (Wildman–Crippen MR) is 98.3 cm³/mol. The molecule has 4 N–H and O–H groups in total. The lowest BCUT2D eigenvalue weighted by Crippen LogP contribution is -2.58. The first-order valence-electron chi connectivity index (χ1n) is 7.18. The molecule has 1 aromatic rings. The predicted octanol–water partition coefficient (Wildman–Crippen LogP) is 4.11. The van der Waals surface area contributed by atoms with Crippen LogP contribution in [0.15, 0.2) is 25.0 Å². The highest BCUT2D eigenvalue weighted by Crippen LogP contribution is 2.46. The largest absolute Gasteiger partial charge is 0.369 e. The van der Waals surface area contributed by atoms with E-state index in [1.54, 1.807) is 4.90 Å². The van der Waals surface area contributed by atoms with Crippen molar-refractivity contribution in [2.24, 2.45) is 21.5 Å². The maximum atomic E-state index is 14.4. The van der Waals surface area contributed by atoms with Gasteiger partial charge in [-0.15, -0.1) is 0 Å². The third-order valence-corrected chi connectivity index (χ3v) is 5.75. The molecule has 0 unspecified atom stereocenters. The number of aliphatic imine (C=N–C) groups is 2. The average molecular weight is 468 g/mol. The third-order valence-electron chi connectivity index (χ3n) is 4.16. The Balaban J connectivity index is 2.21. The lowest BCUT2D eigenvalue weighted by Gasteiger charge is -2.46. The van der Waals surface area contributed by atoms with Crippen LogP contribution in [-0.4, -0.2) is 17.6 Å². The molecule has 1 spiro atoms. The number of rotatable bonds is 1. The van der Waals surface area contributed by atoms with Gasteiger partial charge in [-0.05, 0) is 63.6 Å². The molecule has 1 aromatic carbocycles. The first kappa shape index (κ1) is 17.0. The van der Waals surface area contributed by atoms with Crippen LogP contribution in [0.2, 0.25) is 5.02 Å². The molecule has 2 aliphatic rings. The SMILES string of the molecule is NC1=NC2(CCCCC2)N(c2c(Cl)cc(Br)c(F)c2Br)C(N)=N1. The minimum Gasteiger partial charge on any atom is -0.369 e.